The largest absolute Gasteiger partial charge is 0.370 e. The third kappa shape index (κ3) is 2.91. The zero-order valence-electron chi connectivity index (χ0n) is 12.6. The van der Waals surface area contributed by atoms with Crippen LogP contribution >= 0.6 is 0 Å². The molecule has 0 spiro atoms. The van der Waals surface area contributed by atoms with Gasteiger partial charge in [0.1, 0.15) is 17.3 Å². The fourth-order valence-corrected chi connectivity index (χ4v) is 4.34. The molecule has 4 heteroatoms. The second-order valence-corrected chi connectivity index (χ2v) is 6.76. The van der Waals surface area contributed by atoms with E-state index in [4.69, 9.17) is 5.73 Å². The molecule has 2 aliphatic rings. The van der Waals surface area contributed by atoms with E-state index in [2.05, 4.69) is 0 Å². The van der Waals surface area contributed by atoms with Gasteiger partial charge >= 0.3 is 0 Å². The quantitative estimate of drug-likeness (QED) is 0.902. The first-order chi connectivity index (χ1) is 10.1. The predicted octanol–water partition coefficient (Wildman–Crippen LogP) is 3.34. The second kappa shape index (κ2) is 5.91. The average Bonchev–Trinajstić information content (AvgIpc) is 3.00. The Hall–Kier alpha value is -1.16. The molecule has 2 nitrogen and oxygen atoms in total. The van der Waals surface area contributed by atoms with Crippen molar-refractivity contribution >= 4 is 5.69 Å². The lowest BCUT2D eigenvalue weighted by Gasteiger charge is -2.29. The first kappa shape index (κ1) is 14.8. The lowest BCUT2D eigenvalue weighted by atomic mass is 9.88. The monoisotopic (exact) mass is 294 g/mol. The Morgan fingerprint density at radius 2 is 1.90 bits per heavy atom. The molecule has 2 saturated carbocycles. The van der Waals surface area contributed by atoms with Gasteiger partial charge in [-0.25, -0.2) is 8.78 Å². The van der Waals surface area contributed by atoms with Crippen LogP contribution in [0, 0.1) is 29.4 Å². The normalized spacial score (nSPS) is 27.3. The van der Waals surface area contributed by atoms with Gasteiger partial charge < -0.3 is 10.6 Å². The number of hydrogen-bond donors (Lipinski definition) is 1. The van der Waals surface area contributed by atoms with E-state index in [-0.39, 0.29) is 5.69 Å². The molecule has 3 rings (SSSR count). The van der Waals surface area contributed by atoms with E-state index >= 15 is 0 Å². The van der Waals surface area contributed by atoms with Crippen LogP contribution in [-0.4, -0.2) is 20.1 Å². The van der Waals surface area contributed by atoms with E-state index in [9.17, 15) is 8.78 Å². The third-order valence-corrected chi connectivity index (χ3v) is 5.28. The van der Waals surface area contributed by atoms with Gasteiger partial charge in [-0.2, -0.15) is 0 Å². The van der Waals surface area contributed by atoms with Crippen molar-refractivity contribution < 1.29 is 8.78 Å². The molecule has 0 heterocycles. The number of anilines is 1. The molecule has 0 aromatic heterocycles. The number of halogens is 2. The summed E-state index contributed by atoms with van der Waals surface area (Å²) in [6.07, 6.45) is 5.69. The zero-order chi connectivity index (χ0) is 15.0. The van der Waals surface area contributed by atoms with Crippen LogP contribution in [0.4, 0.5) is 14.5 Å². The molecular formula is C17H24F2N2. The van der Waals surface area contributed by atoms with Crippen molar-refractivity contribution in [2.24, 2.45) is 23.5 Å². The maximum atomic E-state index is 14.2. The van der Waals surface area contributed by atoms with Gasteiger partial charge in [0.05, 0.1) is 0 Å². The molecule has 3 atom stereocenters. The van der Waals surface area contributed by atoms with E-state index in [1.165, 1.54) is 37.8 Å². The highest BCUT2D eigenvalue weighted by Gasteiger charge is 2.40. The van der Waals surface area contributed by atoms with Crippen LogP contribution in [0.2, 0.25) is 0 Å². The molecule has 2 fully saturated rings. The van der Waals surface area contributed by atoms with Crippen molar-refractivity contribution in [1.82, 2.24) is 0 Å². The highest BCUT2D eigenvalue weighted by Crippen LogP contribution is 2.48. The summed E-state index contributed by atoms with van der Waals surface area (Å²) < 4.78 is 28.4. The summed E-state index contributed by atoms with van der Waals surface area (Å²) in [5.41, 5.74) is 6.19. The first-order valence-corrected chi connectivity index (χ1v) is 7.97. The molecule has 1 aromatic carbocycles. The maximum absolute atomic E-state index is 14.2. The summed E-state index contributed by atoms with van der Waals surface area (Å²) in [5, 5.41) is 0. The van der Waals surface area contributed by atoms with Crippen molar-refractivity contribution in [3.8, 4) is 0 Å². The van der Waals surface area contributed by atoms with Crippen molar-refractivity contribution in [2.75, 3.05) is 25.0 Å². The summed E-state index contributed by atoms with van der Waals surface area (Å²) in [7, 11) is 1.80. The standard InChI is InChI=1S/C17H24F2N2/c1-21(10-14-7-11-2-3-13(14)6-11)17-15(18)8-12(4-5-20)9-16(17)19/h8-9,11,13-14H,2-7,10,20H2,1H3. The Kier molecular flexibility index (Phi) is 4.16. The molecule has 0 aliphatic heterocycles. The fourth-order valence-electron chi connectivity index (χ4n) is 4.34. The van der Waals surface area contributed by atoms with Crippen LogP contribution in [0.5, 0.6) is 0 Å². The van der Waals surface area contributed by atoms with Gasteiger partial charge in [0.2, 0.25) is 0 Å². The Bertz CT molecular complexity index is 495. The van der Waals surface area contributed by atoms with Gasteiger partial charge in [-0.15, -0.1) is 0 Å². The van der Waals surface area contributed by atoms with Crippen molar-refractivity contribution in [1.29, 1.82) is 0 Å². The number of rotatable bonds is 5. The molecular weight excluding hydrogens is 270 g/mol. The minimum atomic E-state index is -0.468. The molecule has 1 aromatic rings. The van der Waals surface area contributed by atoms with E-state index in [0.717, 1.165) is 18.4 Å². The summed E-state index contributed by atoms with van der Waals surface area (Å²) in [6.45, 7) is 1.16. The fraction of sp³-hybridized carbons (Fsp3) is 0.647. The van der Waals surface area contributed by atoms with Crippen LogP contribution in [0.3, 0.4) is 0 Å². The second-order valence-electron chi connectivity index (χ2n) is 6.76. The van der Waals surface area contributed by atoms with Gasteiger partial charge in [0, 0.05) is 13.6 Å². The SMILES string of the molecule is CN(CC1CC2CCC1C2)c1c(F)cc(CCN)cc1F. The van der Waals surface area contributed by atoms with Gasteiger partial charge in [-0.3, -0.25) is 0 Å². The van der Waals surface area contributed by atoms with Crippen molar-refractivity contribution in [3.05, 3.63) is 29.3 Å². The van der Waals surface area contributed by atoms with Gasteiger partial charge in [-0.05, 0) is 67.7 Å². The lowest BCUT2D eigenvalue weighted by Crippen LogP contribution is -2.30. The van der Waals surface area contributed by atoms with Crippen molar-refractivity contribution in [3.63, 3.8) is 0 Å². The Morgan fingerprint density at radius 1 is 1.19 bits per heavy atom. The van der Waals surface area contributed by atoms with Gasteiger partial charge in [-0.1, -0.05) is 6.42 Å². The number of nitrogens with two attached hydrogens (primary N) is 1. The molecule has 21 heavy (non-hydrogen) atoms. The molecule has 0 saturated heterocycles. The Morgan fingerprint density at radius 3 is 2.43 bits per heavy atom. The van der Waals surface area contributed by atoms with Crippen LogP contribution in [-0.2, 0) is 6.42 Å². The summed E-state index contributed by atoms with van der Waals surface area (Å²) in [4.78, 5) is 1.77. The van der Waals surface area contributed by atoms with Gasteiger partial charge in [0.25, 0.3) is 0 Å². The molecule has 0 amide bonds. The maximum Gasteiger partial charge on any atom is 0.149 e. The molecule has 2 N–H and O–H groups in total. The predicted molar refractivity (Wildman–Crippen MR) is 81.3 cm³/mol. The molecule has 3 unspecified atom stereocenters. The van der Waals surface area contributed by atoms with Crippen LogP contribution < -0.4 is 10.6 Å². The first-order valence-electron chi connectivity index (χ1n) is 7.97. The molecule has 2 aliphatic carbocycles. The number of nitrogens with zero attached hydrogens (tertiary/aromatic N) is 1. The van der Waals surface area contributed by atoms with E-state index in [1.807, 2.05) is 0 Å². The third-order valence-electron chi connectivity index (χ3n) is 5.28. The number of fused-ring (bicyclic) bond motifs is 2. The highest BCUT2D eigenvalue weighted by molar-refractivity contribution is 5.50. The molecule has 2 bridgehead atoms. The van der Waals surface area contributed by atoms with Crippen molar-refractivity contribution in [2.45, 2.75) is 32.1 Å². The van der Waals surface area contributed by atoms with E-state index in [0.29, 0.717) is 24.4 Å². The van der Waals surface area contributed by atoms with E-state index in [1.54, 1.807) is 11.9 Å². The lowest BCUT2D eigenvalue weighted by molar-refractivity contribution is 0.336. The Labute approximate surface area is 125 Å². The minimum absolute atomic E-state index is 0.110. The Balaban J connectivity index is 1.73. The molecule has 116 valence electrons. The summed E-state index contributed by atoms with van der Waals surface area (Å²) in [6, 6.07) is 2.84. The zero-order valence-corrected chi connectivity index (χ0v) is 12.6. The van der Waals surface area contributed by atoms with Crippen LogP contribution in [0.15, 0.2) is 12.1 Å². The van der Waals surface area contributed by atoms with Crippen LogP contribution in [0.1, 0.15) is 31.2 Å². The highest BCUT2D eigenvalue weighted by atomic mass is 19.1. The van der Waals surface area contributed by atoms with Gasteiger partial charge in [0.15, 0.2) is 0 Å². The summed E-state index contributed by atoms with van der Waals surface area (Å²) in [5.74, 6) is 1.28. The molecule has 0 radical (unpaired) electrons. The summed E-state index contributed by atoms with van der Waals surface area (Å²) >= 11 is 0. The number of benzene rings is 1. The topological polar surface area (TPSA) is 29.3 Å². The van der Waals surface area contributed by atoms with E-state index < -0.39 is 11.6 Å². The van der Waals surface area contributed by atoms with Crippen LogP contribution in [0.25, 0.3) is 0 Å². The smallest absolute Gasteiger partial charge is 0.149 e. The number of hydrogen-bond acceptors (Lipinski definition) is 2. The average molecular weight is 294 g/mol. The minimum Gasteiger partial charge on any atom is -0.370 e.